The summed E-state index contributed by atoms with van der Waals surface area (Å²) in [5.74, 6) is -2.37. The van der Waals surface area contributed by atoms with E-state index < -0.39 is 33.9 Å². The molecule has 118 valence electrons. The van der Waals surface area contributed by atoms with Gasteiger partial charge >= 0.3 is 11.9 Å². The Bertz CT molecular complexity index is 652. The normalized spacial score (nSPS) is 13.2. The van der Waals surface area contributed by atoms with E-state index in [2.05, 4.69) is 25.4 Å². The van der Waals surface area contributed by atoms with Gasteiger partial charge in [-0.05, 0) is 27.9 Å². The fraction of sp³-hybridized carbons (Fsp3) is 0.455. The van der Waals surface area contributed by atoms with Crippen LogP contribution in [0.1, 0.15) is 23.5 Å². The smallest absolute Gasteiger partial charge is 0.348 e. The Balaban J connectivity index is 3.16. The summed E-state index contributed by atoms with van der Waals surface area (Å²) in [5, 5.41) is 9.04. The maximum Gasteiger partial charge on any atom is 0.348 e. The predicted octanol–water partition coefficient (Wildman–Crippen LogP) is 1.68. The SMILES string of the molecule is COC(=O)c1cc(S(=O)(=O)N[C@H](C(=O)O)C(C)C)c(Br)s1. The monoisotopic (exact) mass is 399 g/mol. The molecule has 0 aliphatic heterocycles. The quantitative estimate of drug-likeness (QED) is 0.704. The van der Waals surface area contributed by atoms with Crippen LogP contribution in [0.4, 0.5) is 0 Å². The highest BCUT2D eigenvalue weighted by molar-refractivity contribution is 9.11. The molecule has 1 heterocycles. The number of carbonyl (C=O) groups is 2. The highest BCUT2D eigenvalue weighted by Gasteiger charge is 2.31. The molecule has 0 saturated carbocycles. The molecule has 1 aromatic heterocycles. The lowest BCUT2D eigenvalue weighted by molar-refractivity contribution is -0.140. The first kappa shape index (κ1) is 18.1. The molecule has 1 atom stereocenters. The Kier molecular flexibility index (Phi) is 5.91. The van der Waals surface area contributed by atoms with Crippen molar-refractivity contribution in [1.29, 1.82) is 0 Å². The third kappa shape index (κ3) is 4.25. The molecule has 0 saturated heterocycles. The van der Waals surface area contributed by atoms with Crippen LogP contribution in [0.25, 0.3) is 0 Å². The number of thiophene rings is 1. The van der Waals surface area contributed by atoms with Crippen LogP contribution in [-0.4, -0.2) is 38.6 Å². The highest BCUT2D eigenvalue weighted by atomic mass is 79.9. The number of ether oxygens (including phenoxy) is 1. The summed E-state index contributed by atoms with van der Waals surface area (Å²) < 4.78 is 31.3. The Morgan fingerprint density at radius 1 is 1.43 bits per heavy atom. The number of esters is 1. The molecule has 0 spiro atoms. The fourth-order valence-electron chi connectivity index (χ4n) is 1.44. The van der Waals surface area contributed by atoms with Crippen molar-refractivity contribution in [3.05, 3.63) is 14.7 Å². The fourth-order valence-corrected chi connectivity index (χ4v) is 5.26. The number of hydrogen-bond donors (Lipinski definition) is 2. The van der Waals surface area contributed by atoms with Crippen LogP contribution in [0.3, 0.4) is 0 Å². The average Bonchev–Trinajstić information content (AvgIpc) is 2.77. The Labute approximate surface area is 134 Å². The lowest BCUT2D eigenvalue weighted by Gasteiger charge is -2.17. The first-order valence-corrected chi connectivity index (χ1v) is 8.82. The molecule has 0 bridgehead atoms. The van der Waals surface area contributed by atoms with E-state index in [4.69, 9.17) is 5.11 Å². The molecule has 21 heavy (non-hydrogen) atoms. The molecule has 10 heteroatoms. The molecule has 0 fully saturated rings. The van der Waals surface area contributed by atoms with E-state index in [-0.39, 0.29) is 13.6 Å². The van der Waals surface area contributed by atoms with E-state index in [1.165, 1.54) is 7.11 Å². The Hall–Kier alpha value is -0.970. The molecular formula is C11H14BrNO6S2. The van der Waals surface area contributed by atoms with Gasteiger partial charge in [0.2, 0.25) is 10.0 Å². The number of carboxylic acid groups (broad SMARTS) is 1. The summed E-state index contributed by atoms with van der Waals surface area (Å²) in [4.78, 5) is 22.4. The van der Waals surface area contributed by atoms with Gasteiger partial charge in [-0.15, -0.1) is 11.3 Å². The summed E-state index contributed by atoms with van der Waals surface area (Å²) in [5.41, 5.74) is 0. The number of hydrogen-bond acceptors (Lipinski definition) is 6. The van der Waals surface area contributed by atoms with Gasteiger partial charge in [0.25, 0.3) is 0 Å². The van der Waals surface area contributed by atoms with Crippen molar-refractivity contribution in [2.75, 3.05) is 7.11 Å². The summed E-state index contributed by atoms with van der Waals surface area (Å²) in [6.07, 6.45) is 0. The van der Waals surface area contributed by atoms with Crippen LogP contribution in [0, 0.1) is 5.92 Å². The number of carboxylic acids is 1. The van der Waals surface area contributed by atoms with E-state index in [1.54, 1.807) is 13.8 Å². The molecule has 0 radical (unpaired) electrons. The molecule has 0 aliphatic carbocycles. The average molecular weight is 400 g/mol. The van der Waals surface area contributed by atoms with Crippen molar-refractivity contribution in [2.24, 2.45) is 5.92 Å². The largest absolute Gasteiger partial charge is 0.480 e. The second kappa shape index (κ2) is 6.86. The summed E-state index contributed by atoms with van der Waals surface area (Å²) in [6.45, 7) is 3.17. The third-order valence-corrected chi connectivity index (χ3v) is 6.22. The first-order valence-electron chi connectivity index (χ1n) is 5.73. The molecule has 0 unspecified atom stereocenters. The molecule has 2 N–H and O–H groups in total. The van der Waals surface area contributed by atoms with Gasteiger partial charge in [-0.25, -0.2) is 13.2 Å². The molecule has 1 aromatic rings. The van der Waals surface area contributed by atoms with Crippen LogP contribution in [0.2, 0.25) is 0 Å². The minimum Gasteiger partial charge on any atom is -0.480 e. The maximum atomic E-state index is 12.2. The van der Waals surface area contributed by atoms with E-state index in [9.17, 15) is 18.0 Å². The second-order valence-corrected chi connectivity index (χ2v) is 8.47. The van der Waals surface area contributed by atoms with Gasteiger partial charge in [0.05, 0.1) is 10.9 Å². The van der Waals surface area contributed by atoms with Crippen molar-refractivity contribution in [3.8, 4) is 0 Å². The summed E-state index contributed by atoms with van der Waals surface area (Å²) in [6, 6.07) is -0.120. The molecule has 0 aromatic carbocycles. The van der Waals surface area contributed by atoms with Gasteiger partial charge in [0, 0.05) is 0 Å². The standard InChI is InChI=1S/C11H14BrNO6S2/c1-5(2)8(10(14)15)13-21(17,18)7-4-6(11(16)19-3)20-9(7)12/h4-5,8,13H,1-3H3,(H,14,15)/t8-/m0/s1. The van der Waals surface area contributed by atoms with Gasteiger partial charge in [-0.2, -0.15) is 4.72 Å². The summed E-state index contributed by atoms with van der Waals surface area (Å²) >= 11 is 3.95. The van der Waals surface area contributed by atoms with Gasteiger partial charge in [0.1, 0.15) is 15.8 Å². The third-order valence-electron chi connectivity index (χ3n) is 2.55. The van der Waals surface area contributed by atoms with Crippen LogP contribution in [-0.2, 0) is 19.6 Å². The second-order valence-electron chi connectivity index (χ2n) is 4.42. The molecule has 7 nitrogen and oxygen atoms in total. The van der Waals surface area contributed by atoms with Crippen LogP contribution >= 0.6 is 27.3 Å². The number of nitrogens with one attached hydrogen (secondary N) is 1. The summed E-state index contributed by atoms with van der Waals surface area (Å²) in [7, 11) is -2.89. The van der Waals surface area contributed by atoms with Crippen molar-refractivity contribution in [3.63, 3.8) is 0 Å². The van der Waals surface area contributed by atoms with E-state index in [0.29, 0.717) is 0 Å². The van der Waals surface area contributed by atoms with Crippen molar-refractivity contribution >= 4 is 49.2 Å². The van der Waals surface area contributed by atoms with Gasteiger partial charge in [-0.3, -0.25) is 4.79 Å². The van der Waals surface area contributed by atoms with Gasteiger partial charge in [0.15, 0.2) is 0 Å². The van der Waals surface area contributed by atoms with Crippen LogP contribution in [0.15, 0.2) is 14.7 Å². The van der Waals surface area contributed by atoms with E-state index >= 15 is 0 Å². The minimum absolute atomic E-state index is 0.0983. The van der Waals surface area contributed by atoms with Crippen LogP contribution in [0.5, 0.6) is 0 Å². The molecule has 0 aliphatic rings. The van der Waals surface area contributed by atoms with Crippen molar-refractivity contribution in [1.82, 2.24) is 4.72 Å². The number of methoxy groups -OCH3 is 1. The lowest BCUT2D eigenvalue weighted by Crippen LogP contribution is -2.44. The number of sulfonamides is 1. The number of carbonyl (C=O) groups excluding carboxylic acids is 1. The number of aliphatic carboxylic acids is 1. The van der Waals surface area contributed by atoms with Gasteiger partial charge in [-0.1, -0.05) is 13.8 Å². The topological polar surface area (TPSA) is 110 Å². The van der Waals surface area contributed by atoms with E-state index in [0.717, 1.165) is 17.4 Å². The lowest BCUT2D eigenvalue weighted by atomic mass is 10.1. The Morgan fingerprint density at radius 3 is 2.43 bits per heavy atom. The predicted molar refractivity (Wildman–Crippen MR) is 79.9 cm³/mol. The first-order chi connectivity index (χ1) is 9.60. The Morgan fingerprint density at radius 2 is 2.00 bits per heavy atom. The zero-order valence-electron chi connectivity index (χ0n) is 11.4. The van der Waals surface area contributed by atoms with Gasteiger partial charge < -0.3 is 9.84 Å². The minimum atomic E-state index is -4.08. The molecule has 0 amide bonds. The zero-order chi connectivity index (χ0) is 16.4. The molecular weight excluding hydrogens is 386 g/mol. The zero-order valence-corrected chi connectivity index (χ0v) is 14.6. The number of halogens is 1. The van der Waals surface area contributed by atoms with E-state index in [1.807, 2.05) is 0 Å². The van der Waals surface area contributed by atoms with Crippen molar-refractivity contribution in [2.45, 2.75) is 24.8 Å². The number of rotatable bonds is 6. The van der Waals surface area contributed by atoms with Crippen molar-refractivity contribution < 1.29 is 27.9 Å². The maximum absolute atomic E-state index is 12.2. The van der Waals surface area contributed by atoms with Crippen LogP contribution < -0.4 is 4.72 Å². The molecule has 1 rings (SSSR count). The highest BCUT2D eigenvalue weighted by Crippen LogP contribution is 2.32.